The average molecular weight is 208 g/mol. The summed E-state index contributed by atoms with van der Waals surface area (Å²) in [5.41, 5.74) is 1.22. The molecule has 1 aromatic carbocycles. The molecule has 0 saturated carbocycles. The normalized spacial score (nSPS) is 10.5. The topological polar surface area (TPSA) is 39.4 Å². The molecular formula is C11H9FO3. The lowest BCUT2D eigenvalue weighted by Gasteiger charge is -1.97. The number of benzene rings is 1. The lowest BCUT2D eigenvalue weighted by Crippen LogP contribution is -1.96. The van der Waals surface area contributed by atoms with Crippen LogP contribution < -0.4 is 0 Å². The van der Waals surface area contributed by atoms with E-state index in [0.29, 0.717) is 29.4 Å². The fraction of sp³-hybridized carbons (Fsp3) is 0.182. The summed E-state index contributed by atoms with van der Waals surface area (Å²) in [6.07, 6.45) is 1.94. The maximum atomic E-state index is 13.4. The molecule has 4 heteroatoms. The van der Waals surface area contributed by atoms with Crippen LogP contribution in [0.4, 0.5) is 4.39 Å². The third kappa shape index (κ3) is 1.83. The van der Waals surface area contributed by atoms with Crippen molar-refractivity contribution in [1.29, 1.82) is 0 Å². The third-order valence-corrected chi connectivity index (χ3v) is 2.18. The molecule has 3 nitrogen and oxygen atoms in total. The molecule has 2 rings (SSSR count). The zero-order valence-corrected chi connectivity index (χ0v) is 7.90. The smallest absolute Gasteiger partial charge is 0.293 e. The van der Waals surface area contributed by atoms with Gasteiger partial charge in [0.2, 0.25) is 0 Å². The molecular weight excluding hydrogens is 199 g/mol. The highest BCUT2D eigenvalue weighted by Gasteiger charge is 2.09. The van der Waals surface area contributed by atoms with Crippen molar-refractivity contribution >= 4 is 17.4 Å². The number of carbonyl (C=O) groups excluding carboxylic acids is 1. The minimum Gasteiger partial charge on any atom is -0.468 e. The van der Waals surface area contributed by atoms with Gasteiger partial charge in [-0.2, -0.15) is 0 Å². The van der Waals surface area contributed by atoms with E-state index < -0.39 is 0 Å². The van der Waals surface area contributed by atoms with Gasteiger partial charge in [-0.15, -0.1) is 0 Å². The first-order valence-corrected chi connectivity index (χ1v) is 4.53. The number of furan rings is 1. The van der Waals surface area contributed by atoms with Crippen LogP contribution in [0.1, 0.15) is 5.56 Å². The van der Waals surface area contributed by atoms with Crippen LogP contribution in [0, 0.1) is 5.82 Å². The number of rotatable bonds is 4. The highest BCUT2D eigenvalue weighted by atomic mass is 19.1. The Hall–Kier alpha value is -1.84. The summed E-state index contributed by atoms with van der Waals surface area (Å²) < 4.78 is 23.1. The zero-order chi connectivity index (χ0) is 10.7. The first-order chi connectivity index (χ1) is 7.33. The van der Waals surface area contributed by atoms with Crippen LogP contribution in [-0.2, 0) is 16.0 Å². The van der Waals surface area contributed by atoms with Crippen molar-refractivity contribution in [2.45, 2.75) is 6.42 Å². The fourth-order valence-electron chi connectivity index (χ4n) is 1.51. The van der Waals surface area contributed by atoms with Gasteiger partial charge in [0.25, 0.3) is 6.47 Å². The molecule has 0 radical (unpaired) electrons. The number of halogens is 1. The molecule has 1 aromatic heterocycles. The van der Waals surface area contributed by atoms with Crippen LogP contribution >= 0.6 is 0 Å². The predicted octanol–water partition coefficient (Wildman–Crippen LogP) is 2.29. The van der Waals surface area contributed by atoms with Gasteiger partial charge in [-0.3, -0.25) is 4.79 Å². The van der Waals surface area contributed by atoms with E-state index in [1.165, 1.54) is 12.3 Å². The zero-order valence-electron chi connectivity index (χ0n) is 7.90. The van der Waals surface area contributed by atoms with Gasteiger partial charge >= 0.3 is 0 Å². The van der Waals surface area contributed by atoms with Crippen LogP contribution in [0.25, 0.3) is 11.0 Å². The molecule has 15 heavy (non-hydrogen) atoms. The van der Waals surface area contributed by atoms with Crippen molar-refractivity contribution in [3.05, 3.63) is 35.8 Å². The third-order valence-electron chi connectivity index (χ3n) is 2.18. The molecule has 0 aliphatic rings. The van der Waals surface area contributed by atoms with E-state index in [-0.39, 0.29) is 12.4 Å². The molecule has 0 fully saturated rings. The molecule has 0 unspecified atom stereocenters. The van der Waals surface area contributed by atoms with Gasteiger partial charge in [-0.05, 0) is 12.1 Å². The van der Waals surface area contributed by atoms with Gasteiger partial charge in [-0.25, -0.2) is 4.39 Å². The molecule has 0 aliphatic carbocycles. The van der Waals surface area contributed by atoms with Crippen molar-refractivity contribution in [3.63, 3.8) is 0 Å². The minimum absolute atomic E-state index is 0.229. The summed E-state index contributed by atoms with van der Waals surface area (Å²) in [5, 5.41) is 0.465. The Balaban J connectivity index is 2.31. The monoisotopic (exact) mass is 208 g/mol. The van der Waals surface area contributed by atoms with E-state index in [2.05, 4.69) is 4.74 Å². The van der Waals surface area contributed by atoms with Crippen LogP contribution in [-0.4, -0.2) is 13.1 Å². The van der Waals surface area contributed by atoms with E-state index in [0.717, 1.165) is 0 Å². The Morgan fingerprint density at radius 2 is 2.33 bits per heavy atom. The van der Waals surface area contributed by atoms with E-state index in [4.69, 9.17) is 4.42 Å². The Bertz CT molecular complexity index is 476. The molecule has 0 N–H and O–H groups in total. The van der Waals surface area contributed by atoms with Gasteiger partial charge in [0, 0.05) is 12.0 Å². The number of hydrogen-bond donors (Lipinski definition) is 0. The summed E-state index contributed by atoms with van der Waals surface area (Å²) in [5.74, 6) is -0.317. The summed E-state index contributed by atoms with van der Waals surface area (Å²) in [7, 11) is 0. The quantitative estimate of drug-likeness (QED) is 0.571. The van der Waals surface area contributed by atoms with E-state index in [1.54, 1.807) is 12.1 Å². The minimum atomic E-state index is -0.317. The van der Waals surface area contributed by atoms with Gasteiger partial charge in [0.05, 0.1) is 18.3 Å². The lowest BCUT2D eigenvalue weighted by molar-refractivity contribution is -0.128. The van der Waals surface area contributed by atoms with Crippen LogP contribution in [0.2, 0.25) is 0 Å². The summed E-state index contributed by atoms with van der Waals surface area (Å²) in [6.45, 7) is 0.602. The van der Waals surface area contributed by atoms with Crippen molar-refractivity contribution in [1.82, 2.24) is 0 Å². The van der Waals surface area contributed by atoms with Crippen LogP contribution in [0.3, 0.4) is 0 Å². The molecule has 2 aromatic rings. The second-order valence-corrected chi connectivity index (χ2v) is 3.09. The summed E-state index contributed by atoms with van der Waals surface area (Å²) >= 11 is 0. The number of carbonyl (C=O) groups is 1. The largest absolute Gasteiger partial charge is 0.468 e. The Labute approximate surface area is 85.4 Å². The Morgan fingerprint density at radius 3 is 3.13 bits per heavy atom. The van der Waals surface area contributed by atoms with E-state index in [9.17, 15) is 9.18 Å². The van der Waals surface area contributed by atoms with Crippen LogP contribution in [0.15, 0.2) is 28.9 Å². The molecule has 0 aliphatic heterocycles. The van der Waals surface area contributed by atoms with Gasteiger partial charge in [-0.1, -0.05) is 6.07 Å². The van der Waals surface area contributed by atoms with Crippen molar-refractivity contribution in [2.75, 3.05) is 6.61 Å². The van der Waals surface area contributed by atoms with Crippen molar-refractivity contribution < 1.29 is 18.3 Å². The van der Waals surface area contributed by atoms with E-state index >= 15 is 0 Å². The predicted molar refractivity (Wildman–Crippen MR) is 51.9 cm³/mol. The Kier molecular flexibility index (Phi) is 2.67. The van der Waals surface area contributed by atoms with Crippen molar-refractivity contribution in [2.24, 2.45) is 0 Å². The highest BCUT2D eigenvalue weighted by Crippen LogP contribution is 2.24. The number of ether oxygens (including phenoxy) is 1. The highest BCUT2D eigenvalue weighted by molar-refractivity contribution is 5.81. The SMILES string of the molecule is O=COCCc1coc2cccc(F)c12. The fourth-order valence-corrected chi connectivity index (χ4v) is 1.51. The molecule has 0 spiro atoms. The molecule has 0 atom stereocenters. The van der Waals surface area contributed by atoms with E-state index in [1.807, 2.05) is 0 Å². The van der Waals surface area contributed by atoms with Crippen molar-refractivity contribution in [3.8, 4) is 0 Å². The number of fused-ring (bicyclic) bond motifs is 1. The molecule has 78 valence electrons. The Morgan fingerprint density at radius 1 is 1.47 bits per heavy atom. The van der Waals surface area contributed by atoms with Gasteiger partial charge in [0.15, 0.2) is 0 Å². The molecule has 0 saturated heterocycles. The average Bonchev–Trinajstić information content (AvgIpc) is 2.63. The standard InChI is InChI=1S/C11H9FO3/c12-9-2-1-3-10-11(9)8(6-15-10)4-5-14-7-13/h1-3,6-7H,4-5H2. The summed E-state index contributed by atoms with van der Waals surface area (Å²) in [4.78, 5) is 9.94. The number of hydrogen-bond acceptors (Lipinski definition) is 3. The molecule has 1 heterocycles. The first-order valence-electron chi connectivity index (χ1n) is 4.53. The second-order valence-electron chi connectivity index (χ2n) is 3.09. The van der Waals surface area contributed by atoms with Gasteiger partial charge in [0.1, 0.15) is 11.4 Å². The summed E-state index contributed by atoms with van der Waals surface area (Å²) in [6, 6.07) is 4.66. The first kappa shape index (κ1) is 9.71. The second kappa shape index (κ2) is 4.13. The maximum absolute atomic E-state index is 13.4. The maximum Gasteiger partial charge on any atom is 0.293 e. The molecule has 0 amide bonds. The van der Waals surface area contributed by atoms with Crippen LogP contribution in [0.5, 0.6) is 0 Å². The van der Waals surface area contributed by atoms with Gasteiger partial charge < -0.3 is 9.15 Å². The molecule has 0 bridgehead atoms. The lowest BCUT2D eigenvalue weighted by atomic mass is 10.1.